The van der Waals surface area contributed by atoms with Gasteiger partial charge < -0.3 is 9.47 Å². The average molecular weight is 285 g/mol. The Hall–Kier alpha value is -1.07. The maximum Gasteiger partial charge on any atom is 0.161 e. The highest BCUT2D eigenvalue weighted by Gasteiger charge is 2.22. The van der Waals surface area contributed by atoms with E-state index in [0.717, 1.165) is 5.56 Å². The third-order valence-electron chi connectivity index (χ3n) is 2.75. The Kier molecular flexibility index (Phi) is 5.38. The van der Waals surface area contributed by atoms with Crippen LogP contribution >= 0.6 is 0 Å². The van der Waals surface area contributed by atoms with Gasteiger partial charge in [-0.15, -0.1) is 0 Å². The van der Waals surface area contributed by atoms with Gasteiger partial charge in [-0.25, -0.2) is 8.93 Å². The summed E-state index contributed by atoms with van der Waals surface area (Å²) in [6.45, 7) is 7.80. The normalized spacial score (nSPS) is 14.8. The fourth-order valence-corrected chi connectivity index (χ4v) is 2.34. The van der Waals surface area contributed by atoms with Crippen molar-refractivity contribution >= 4 is 11.0 Å². The van der Waals surface area contributed by atoms with Crippen LogP contribution in [0.3, 0.4) is 0 Å². The molecule has 0 radical (unpaired) electrons. The van der Waals surface area contributed by atoms with Crippen molar-refractivity contribution in [3.63, 3.8) is 0 Å². The van der Waals surface area contributed by atoms with E-state index in [4.69, 9.17) is 9.47 Å². The van der Waals surface area contributed by atoms with Crippen LogP contribution in [0.15, 0.2) is 18.2 Å². The van der Waals surface area contributed by atoms with Crippen molar-refractivity contribution in [1.29, 1.82) is 0 Å². The minimum atomic E-state index is -1.11. The van der Waals surface area contributed by atoms with Crippen molar-refractivity contribution in [2.75, 3.05) is 14.2 Å². The van der Waals surface area contributed by atoms with E-state index in [1.54, 1.807) is 14.2 Å². The summed E-state index contributed by atoms with van der Waals surface area (Å²) in [4.78, 5) is 0. The molecule has 108 valence electrons. The third-order valence-corrected chi connectivity index (χ3v) is 4.43. The van der Waals surface area contributed by atoms with Crippen LogP contribution < -0.4 is 14.2 Å². The van der Waals surface area contributed by atoms with Gasteiger partial charge in [-0.3, -0.25) is 0 Å². The number of benzene rings is 1. The van der Waals surface area contributed by atoms with Gasteiger partial charge in [0, 0.05) is 6.04 Å². The predicted octanol–water partition coefficient (Wildman–Crippen LogP) is 2.82. The van der Waals surface area contributed by atoms with Gasteiger partial charge >= 0.3 is 0 Å². The average Bonchev–Trinajstić information content (AvgIpc) is 2.36. The number of nitrogens with one attached hydrogen (secondary N) is 1. The molecule has 2 atom stereocenters. The molecule has 1 N–H and O–H groups in total. The van der Waals surface area contributed by atoms with E-state index >= 15 is 0 Å². The van der Waals surface area contributed by atoms with Crippen LogP contribution in [0.4, 0.5) is 0 Å². The molecule has 0 saturated carbocycles. The first kappa shape index (κ1) is 16.0. The number of rotatable bonds is 5. The Morgan fingerprint density at radius 3 is 2.21 bits per heavy atom. The molecule has 5 heteroatoms. The number of methoxy groups -OCH3 is 2. The molecule has 0 spiro atoms. The van der Waals surface area contributed by atoms with Crippen molar-refractivity contribution in [2.24, 2.45) is 0 Å². The first-order valence-electron chi connectivity index (χ1n) is 6.19. The quantitative estimate of drug-likeness (QED) is 0.905. The van der Waals surface area contributed by atoms with E-state index in [2.05, 4.69) is 4.72 Å². The third kappa shape index (κ3) is 4.21. The van der Waals surface area contributed by atoms with Crippen LogP contribution in [0.25, 0.3) is 0 Å². The van der Waals surface area contributed by atoms with Gasteiger partial charge in [0.2, 0.25) is 0 Å². The zero-order chi connectivity index (χ0) is 14.6. The van der Waals surface area contributed by atoms with Gasteiger partial charge in [-0.05, 0) is 45.4 Å². The molecule has 4 nitrogen and oxygen atoms in total. The number of hydrogen-bond acceptors (Lipinski definition) is 3. The molecular formula is C14H23NO3S. The summed E-state index contributed by atoms with van der Waals surface area (Å²) in [5.41, 5.74) is 1.01. The molecular weight excluding hydrogens is 262 g/mol. The first-order chi connectivity index (χ1) is 8.79. The Morgan fingerprint density at radius 2 is 1.74 bits per heavy atom. The van der Waals surface area contributed by atoms with Gasteiger partial charge in [-0.2, -0.15) is 0 Å². The van der Waals surface area contributed by atoms with Crippen LogP contribution in [0.2, 0.25) is 0 Å². The lowest BCUT2D eigenvalue weighted by atomic mass is 10.1. The van der Waals surface area contributed by atoms with E-state index in [1.165, 1.54) is 0 Å². The molecule has 0 aromatic heterocycles. The zero-order valence-electron chi connectivity index (χ0n) is 12.4. The van der Waals surface area contributed by atoms with E-state index in [9.17, 15) is 4.21 Å². The Labute approximate surface area is 118 Å². The van der Waals surface area contributed by atoms with Crippen LogP contribution in [-0.2, 0) is 11.0 Å². The van der Waals surface area contributed by atoms with Crippen molar-refractivity contribution in [3.05, 3.63) is 23.8 Å². The van der Waals surface area contributed by atoms with Gasteiger partial charge in [0.1, 0.15) is 0 Å². The second-order valence-corrected chi connectivity index (χ2v) is 7.33. The largest absolute Gasteiger partial charge is 0.493 e. The molecule has 0 amide bonds. The van der Waals surface area contributed by atoms with E-state index in [1.807, 2.05) is 45.9 Å². The molecule has 1 aromatic carbocycles. The topological polar surface area (TPSA) is 47.6 Å². The van der Waals surface area contributed by atoms with E-state index in [0.29, 0.717) is 11.5 Å². The molecule has 0 saturated heterocycles. The standard InChI is InChI=1S/C14H23NO3S/c1-10(15-19(16)14(2,3)4)11-7-8-12(17-5)13(9-11)18-6/h7-10,15H,1-6H3/t10-,19+/m0/s1. The Balaban J connectivity index is 2.89. The second-order valence-electron chi connectivity index (χ2n) is 5.34. The summed E-state index contributed by atoms with van der Waals surface area (Å²) in [7, 11) is 2.10. The van der Waals surface area contributed by atoms with Gasteiger partial charge in [-0.1, -0.05) is 6.07 Å². The molecule has 0 bridgehead atoms. The fraction of sp³-hybridized carbons (Fsp3) is 0.571. The molecule has 0 aliphatic heterocycles. The van der Waals surface area contributed by atoms with Gasteiger partial charge in [0.05, 0.1) is 30.0 Å². The van der Waals surface area contributed by atoms with E-state index < -0.39 is 11.0 Å². The predicted molar refractivity (Wildman–Crippen MR) is 79.0 cm³/mol. The molecule has 0 aliphatic carbocycles. The van der Waals surface area contributed by atoms with Gasteiger partial charge in [0.25, 0.3) is 0 Å². The summed E-state index contributed by atoms with van der Waals surface area (Å²) < 4.78 is 25.4. The molecule has 1 aromatic rings. The molecule has 0 unspecified atom stereocenters. The minimum absolute atomic E-state index is 0.0279. The molecule has 0 aliphatic rings. The molecule has 0 fully saturated rings. The maximum absolute atomic E-state index is 12.1. The van der Waals surface area contributed by atoms with Crippen LogP contribution in [0.1, 0.15) is 39.3 Å². The lowest BCUT2D eigenvalue weighted by Crippen LogP contribution is -2.34. The van der Waals surface area contributed by atoms with Crippen molar-refractivity contribution < 1.29 is 13.7 Å². The first-order valence-corrected chi connectivity index (χ1v) is 7.34. The summed E-state index contributed by atoms with van der Waals surface area (Å²) in [6.07, 6.45) is 0. The van der Waals surface area contributed by atoms with Crippen LogP contribution in [0, 0.1) is 0 Å². The summed E-state index contributed by atoms with van der Waals surface area (Å²) >= 11 is 0. The fourth-order valence-electron chi connectivity index (χ4n) is 1.53. The highest BCUT2D eigenvalue weighted by molar-refractivity contribution is 7.84. The molecule has 1 rings (SSSR count). The maximum atomic E-state index is 12.1. The second kappa shape index (κ2) is 6.39. The zero-order valence-corrected chi connectivity index (χ0v) is 13.3. The summed E-state index contributed by atoms with van der Waals surface area (Å²) in [5, 5.41) is 0. The summed E-state index contributed by atoms with van der Waals surface area (Å²) in [6, 6.07) is 5.67. The van der Waals surface area contributed by atoms with Crippen molar-refractivity contribution in [3.8, 4) is 11.5 Å². The highest BCUT2D eigenvalue weighted by Crippen LogP contribution is 2.30. The van der Waals surface area contributed by atoms with Crippen molar-refractivity contribution in [2.45, 2.75) is 38.5 Å². The van der Waals surface area contributed by atoms with Crippen LogP contribution in [0.5, 0.6) is 11.5 Å². The summed E-state index contributed by atoms with van der Waals surface area (Å²) in [5.74, 6) is 1.37. The lowest BCUT2D eigenvalue weighted by Gasteiger charge is -2.22. The Morgan fingerprint density at radius 1 is 1.16 bits per heavy atom. The van der Waals surface area contributed by atoms with Crippen molar-refractivity contribution in [1.82, 2.24) is 4.72 Å². The SMILES string of the molecule is COc1ccc([C@H](C)N[S@](=O)C(C)(C)C)cc1OC. The molecule has 19 heavy (non-hydrogen) atoms. The van der Waals surface area contributed by atoms with E-state index in [-0.39, 0.29) is 10.8 Å². The lowest BCUT2D eigenvalue weighted by molar-refractivity contribution is 0.354. The monoisotopic (exact) mass is 285 g/mol. The highest BCUT2D eigenvalue weighted by atomic mass is 32.2. The minimum Gasteiger partial charge on any atom is -0.493 e. The smallest absolute Gasteiger partial charge is 0.161 e. The number of hydrogen-bond donors (Lipinski definition) is 1. The number of ether oxygens (including phenoxy) is 2. The molecule has 0 heterocycles. The Bertz CT molecular complexity index is 454. The van der Waals surface area contributed by atoms with Crippen LogP contribution in [-0.4, -0.2) is 23.2 Å². The van der Waals surface area contributed by atoms with Gasteiger partial charge in [0.15, 0.2) is 11.5 Å².